The Bertz CT molecular complexity index is 271. The average Bonchev–Trinajstić information content (AvgIpc) is 2.47. The van der Waals surface area contributed by atoms with Crippen LogP contribution >= 0.6 is 0 Å². The number of hydrogen-bond acceptors (Lipinski definition) is 2. The smallest absolute Gasteiger partial charge is 0.243 e. The highest BCUT2D eigenvalue weighted by atomic mass is 16.2. The molecule has 0 unspecified atom stereocenters. The number of carbonyl (C=O) groups excluding carboxylic acids is 2. The summed E-state index contributed by atoms with van der Waals surface area (Å²) < 4.78 is 0. The molecule has 0 aliphatic heterocycles. The molecule has 0 radical (unpaired) electrons. The Morgan fingerprint density at radius 1 is 0.650 bits per heavy atom. The molecule has 4 nitrogen and oxygen atoms in total. The first-order valence-corrected chi connectivity index (χ1v) is 7.51. The summed E-state index contributed by atoms with van der Waals surface area (Å²) >= 11 is 0. The summed E-state index contributed by atoms with van der Waals surface area (Å²) in [6.07, 6.45) is 11.9. The molecule has 0 fully saturated rings. The summed E-state index contributed by atoms with van der Waals surface area (Å²) in [4.78, 5) is 21.7. The number of rotatable bonds is 13. The number of amides is 2. The molecule has 0 rings (SSSR count). The van der Waals surface area contributed by atoms with Gasteiger partial charge >= 0.3 is 0 Å². The molecule has 2 amide bonds. The second-order valence-electron chi connectivity index (χ2n) is 4.82. The molecule has 0 aromatic carbocycles. The van der Waals surface area contributed by atoms with Gasteiger partial charge in [0.25, 0.3) is 0 Å². The Labute approximate surface area is 122 Å². The maximum absolute atomic E-state index is 10.9. The Hall–Kier alpha value is -1.58. The second kappa shape index (κ2) is 13.8. The standard InChI is InChI=1S/C16H28N2O2/c1-3-15(19)17-13-11-9-7-5-6-8-10-12-14-18-16(20)4-2/h3-4H,1-2,5-14H2,(H,17,19)(H,18,20). The molecule has 0 aromatic rings. The molecular formula is C16H28N2O2. The minimum absolute atomic E-state index is 0.0893. The maximum atomic E-state index is 10.9. The Morgan fingerprint density at radius 3 is 1.25 bits per heavy atom. The van der Waals surface area contributed by atoms with Crippen LogP contribution in [0.25, 0.3) is 0 Å². The molecule has 0 aromatic heterocycles. The summed E-state index contributed by atoms with van der Waals surface area (Å²) in [7, 11) is 0. The van der Waals surface area contributed by atoms with Crippen LogP contribution in [-0.4, -0.2) is 24.9 Å². The van der Waals surface area contributed by atoms with Gasteiger partial charge in [-0.1, -0.05) is 51.7 Å². The van der Waals surface area contributed by atoms with Crippen molar-refractivity contribution >= 4 is 11.8 Å². The molecule has 0 aliphatic carbocycles. The molecular weight excluding hydrogens is 252 g/mol. The van der Waals surface area contributed by atoms with E-state index in [-0.39, 0.29) is 11.8 Å². The van der Waals surface area contributed by atoms with Crippen LogP contribution in [0.5, 0.6) is 0 Å². The van der Waals surface area contributed by atoms with Crippen LogP contribution in [0.4, 0.5) is 0 Å². The first kappa shape index (κ1) is 18.4. The van der Waals surface area contributed by atoms with Gasteiger partial charge in [-0.15, -0.1) is 0 Å². The van der Waals surface area contributed by atoms with Crippen LogP contribution in [0.3, 0.4) is 0 Å². The predicted octanol–water partition coefficient (Wildman–Crippen LogP) is 2.71. The molecule has 114 valence electrons. The average molecular weight is 280 g/mol. The minimum Gasteiger partial charge on any atom is -0.353 e. The van der Waals surface area contributed by atoms with E-state index in [2.05, 4.69) is 23.8 Å². The third-order valence-corrected chi connectivity index (χ3v) is 3.07. The molecule has 0 heterocycles. The SMILES string of the molecule is C=CC(=O)NCCCCCCCCCCNC(=O)C=C. The normalized spacial score (nSPS) is 9.80. The van der Waals surface area contributed by atoms with Crippen molar-refractivity contribution in [2.45, 2.75) is 51.4 Å². The van der Waals surface area contributed by atoms with Crippen LogP contribution < -0.4 is 10.6 Å². The number of nitrogens with one attached hydrogen (secondary N) is 2. The van der Waals surface area contributed by atoms with Gasteiger partial charge in [-0.25, -0.2) is 0 Å². The number of unbranched alkanes of at least 4 members (excludes halogenated alkanes) is 7. The van der Waals surface area contributed by atoms with Gasteiger partial charge in [-0.05, 0) is 25.0 Å². The van der Waals surface area contributed by atoms with E-state index in [1.807, 2.05) is 0 Å². The molecule has 0 saturated heterocycles. The van der Waals surface area contributed by atoms with E-state index in [0.717, 1.165) is 38.8 Å². The van der Waals surface area contributed by atoms with Gasteiger partial charge in [-0.3, -0.25) is 9.59 Å². The summed E-state index contributed by atoms with van der Waals surface area (Å²) in [5, 5.41) is 5.55. The van der Waals surface area contributed by atoms with Crippen LogP contribution in [0.2, 0.25) is 0 Å². The Balaban J connectivity index is 3.09. The Kier molecular flexibility index (Phi) is 12.7. The third-order valence-electron chi connectivity index (χ3n) is 3.07. The van der Waals surface area contributed by atoms with Crippen LogP contribution in [0.1, 0.15) is 51.4 Å². The highest BCUT2D eigenvalue weighted by Crippen LogP contribution is 2.07. The van der Waals surface area contributed by atoms with E-state index in [1.165, 1.54) is 37.8 Å². The molecule has 0 bridgehead atoms. The summed E-state index contributed by atoms with van der Waals surface area (Å²) in [6.45, 7) is 8.30. The minimum atomic E-state index is -0.0893. The summed E-state index contributed by atoms with van der Waals surface area (Å²) in [6, 6.07) is 0. The highest BCUT2D eigenvalue weighted by Gasteiger charge is 1.95. The van der Waals surface area contributed by atoms with Crippen molar-refractivity contribution in [3.63, 3.8) is 0 Å². The van der Waals surface area contributed by atoms with Gasteiger partial charge in [-0.2, -0.15) is 0 Å². The fourth-order valence-electron chi connectivity index (χ4n) is 1.88. The summed E-state index contributed by atoms with van der Waals surface area (Å²) in [5.41, 5.74) is 0. The van der Waals surface area contributed by atoms with Gasteiger partial charge in [0.2, 0.25) is 11.8 Å². The number of hydrogen-bond donors (Lipinski definition) is 2. The first-order chi connectivity index (χ1) is 9.70. The lowest BCUT2D eigenvalue weighted by atomic mass is 10.1. The van der Waals surface area contributed by atoms with Gasteiger partial charge in [0.15, 0.2) is 0 Å². The van der Waals surface area contributed by atoms with Gasteiger partial charge in [0.05, 0.1) is 0 Å². The lowest BCUT2D eigenvalue weighted by Crippen LogP contribution is -2.21. The predicted molar refractivity (Wildman–Crippen MR) is 83.3 cm³/mol. The van der Waals surface area contributed by atoms with Gasteiger partial charge in [0.1, 0.15) is 0 Å². The fourth-order valence-corrected chi connectivity index (χ4v) is 1.88. The van der Waals surface area contributed by atoms with Crippen molar-refractivity contribution < 1.29 is 9.59 Å². The van der Waals surface area contributed by atoms with Crippen molar-refractivity contribution in [1.29, 1.82) is 0 Å². The highest BCUT2D eigenvalue weighted by molar-refractivity contribution is 5.87. The molecule has 0 saturated carbocycles. The van der Waals surface area contributed by atoms with Crippen LogP contribution in [0, 0.1) is 0 Å². The van der Waals surface area contributed by atoms with Crippen LogP contribution in [0.15, 0.2) is 25.3 Å². The maximum Gasteiger partial charge on any atom is 0.243 e. The summed E-state index contributed by atoms with van der Waals surface area (Å²) in [5.74, 6) is -0.179. The van der Waals surface area contributed by atoms with Gasteiger partial charge in [0, 0.05) is 13.1 Å². The van der Waals surface area contributed by atoms with E-state index in [0.29, 0.717) is 0 Å². The molecule has 0 spiro atoms. The molecule has 20 heavy (non-hydrogen) atoms. The van der Waals surface area contributed by atoms with Crippen molar-refractivity contribution in [1.82, 2.24) is 10.6 Å². The second-order valence-corrected chi connectivity index (χ2v) is 4.82. The zero-order valence-electron chi connectivity index (χ0n) is 12.5. The topological polar surface area (TPSA) is 58.2 Å². The van der Waals surface area contributed by atoms with Crippen molar-refractivity contribution in [2.24, 2.45) is 0 Å². The van der Waals surface area contributed by atoms with E-state index in [9.17, 15) is 9.59 Å². The first-order valence-electron chi connectivity index (χ1n) is 7.51. The lowest BCUT2D eigenvalue weighted by Gasteiger charge is -2.04. The molecule has 0 aliphatic rings. The van der Waals surface area contributed by atoms with Gasteiger partial charge < -0.3 is 10.6 Å². The molecule has 4 heteroatoms. The Morgan fingerprint density at radius 2 is 0.950 bits per heavy atom. The van der Waals surface area contributed by atoms with Crippen LogP contribution in [-0.2, 0) is 9.59 Å². The largest absolute Gasteiger partial charge is 0.353 e. The lowest BCUT2D eigenvalue weighted by molar-refractivity contribution is -0.117. The molecule has 0 atom stereocenters. The van der Waals surface area contributed by atoms with E-state index >= 15 is 0 Å². The zero-order chi connectivity index (χ0) is 15.1. The van der Waals surface area contributed by atoms with Crippen molar-refractivity contribution in [3.05, 3.63) is 25.3 Å². The van der Waals surface area contributed by atoms with E-state index < -0.39 is 0 Å². The zero-order valence-corrected chi connectivity index (χ0v) is 12.5. The van der Waals surface area contributed by atoms with Crippen molar-refractivity contribution in [3.8, 4) is 0 Å². The monoisotopic (exact) mass is 280 g/mol. The number of carbonyl (C=O) groups is 2. The van der Waals surface area contributed by atoms with Crippen molar-refractivity contribution in [2.75, 3.05) is 13.1 Å². The third kappa shape index (κ3) is 12.9. The van der Waals surface area contributed by atoms with E-state index in [1.54, 1.807) is 0 Å². The van der Waals surface area contributed by atoms with E-state index in [4.69, 9.17) is 0 Å². The fraction of sp³-hybridized carbons (Fsp3) is 0.625. The molecule has 2 N–H and O–H groups in total. The quantitative estimate of drug-likeness (QED) is 0.402.